The molecular weight excluding hydrogens is 582 g/mol. The molecule has 1 radical (unpaired) electrons. The second-order valence-electron chi connectivity index (χ2n) is 6.88. The number of halogens is 12. The van der Waals surface area contributed by atoms with Crippen molar-refractivity contribution < 1.29 is 80.0 Å². The number of hydrogen-bond donors (Lipinski definition) is 2. The molecule has 2 rings (SSSR count). The maximum Gasteiger partial charge on any atom is 0.433 e. The van der Waals surface area contributed by atoms with E-state index < -0.39 is 76.7 Å². The van der Waals surface area contributed by atoms with Crippen molar-refractivity contribution in [3.63, 3.8) is 0 Å². The molecule has 0 aliphatic rings. The number of hydrogen-bond acceptors (Lipinski definition) is 5. The van der Waals surface area contributed by atoms with Crippen LogP contribution in [0.2, 0.25) is 0 Å². The summed E-state index contributed by atoms with van der Waals surface area (Å²) in [6.07, 6.45) is -27.4. The van der Waals surface area contributed by atoms with Crippen molar-refractivity contribution >= 4 is 0 Å². The minimum absolute atomic E-state index is 0. The molecule has 0 saturated heterocycles. The quantitative estimate of drug-likeness (QED) is 0.365. The molecule has 2 aromatic heterocycles. The van der Waals surface area contributed by atoms with Crippen molar-refractivity contribution in [1.82, 2.24) is 9.97 Å². The van der Waals surface area contributed by atoms with Gasteiger partial charge in [-0.2, -0.15) is 57.9 Å². The minimum atomic E-state index is -5.48. The molecule has 2 atom stereocenters. The molecule has 2 heterocycles. The van der Waals surface area contributed by atoms with Gasteiger partial charge in [0.05, 0.1) is 18.3 Å². The van der Waals surface area contributed by atoms with E-state index >= 15 is 0 Å². The maximum absolute atomic E-state index is 13.0. The first-order valence-corrected chi connectivity index (χ1v) is 8.74. The summed E-state index contributed by atoms with van der Waals surface area (Å²) >= 11 is 0. The fourth-order valence-corrected chi connectivity index (χ4v) is 2.75. The Morgan fingerprint density at radius 1 is 0.583 bits per heavy atom. The maximum atomic E-state index is 13.0. The van der Waals surface area contributed by atoms with Crippen molar-refractivity contribution in [3.05, 3.63) is 58.2 Å². The van der Waals surface area contributed by atoms with E-state index in [1.807, 2.05) is 0 Å². The van der Waals surface area contributed by atoms with Gasteiger partial charge >= 0.3 is 24.7 Å². The van der Waals surface area contributed by atoms with Crippen LogP contribution in [0, 0.1) is 17.2 Å². The molecule has 5 nitrogen and oxygen atoms in total. The number of rotatable bonds is 4. The first-order valence-electron chi connectivity index (χ1n) is 8.74. The van der Waals surface area contributed by atoms with E-state index in [4.69, 9.17) is 0 Å². The second kappa shape index (κ2) is 10.4. The van der Waals surface area contributed by atoms with Crippen LogP contribution >= 0.6 is 0 Å². The van der Waals surface area contributed by atoms with Crippen molar-refractivity contribution in [2.45, 2.75) is 36.9 Å². The summed E-state index contributed by atoms with van der Waals surface area (Å²) in [5.74, 6) is -2.52. The zero-order valence-corrected chi connectivity index (χ0v) is 17.6. The predicted molar refractivity (Wildman–Crippen MR) is 87.5 cm³/mol. The molecule has 0 aromatic carbocycles. The number of aromatic nitrogens is 2. The van der Waals surface area contributed by atoms with E-state index in [0.717, 1.165) is 6.07 Å². The van der Waals surface area contributed by atoms with Crippen molar-refractivity contribution in [2.75, 3.05) is 0 Å². The summed E-state index contributed by atoms with van der Waals surface area (Å²) in [5.41, 5.74) is -11.3. The van der Waals surface area contributed by atoms with Gasteiger partial charge in [0.2, 0.25) is 0 Å². The Balaban J connectivity index is 0.00000648. The third kappa shape index (κ3) is 7.21. The fraction of sp³-hybridized carbons (Fsp3) is 0.389. The minimum Gasteiger partial charge on any atom is -0.387 e. The SMILES string of the molecule is N#CC(C(O)c1cc(C(F)(F)F)nc(C(F)(F)F)c1)C(O)c1cc(C(F)(F)F)nc(C(F)(F)F)c1.[Cu]. The van der Waals surface area contributed by atoms with Gasteiger partial charge in [-0.05, 0) is 35.4 Å². The summed E-state index contributed by atoms with van der Waals surface area (Å²) in [6.45, 7) is 0. The van der Waals surface area contributed by atoms with Crippen LogP contribution in [0.5, 0.6) is 0 Å². The first-order chi connectivity index (χ1) is 15.7. The third-order valence-electron chi connectivity index (χ3n) is 4.37. The number of pyridine rings is 2. The van der Waals surface area contributed by atoms with Gasteiger partial charge in [0.15, 0.2) is 0 Å². The van der Waals surface area contributed by atoms with Crippen LogP contribution in [0.3, 0.4) is 0 Å². The Morgan fingerprint density at radius 2 is 0.806 bits per heavy atom. The summed E-state index contributed by atoms with van der Waals surface area (Å²) in [4.78, 5) is 4.72. The van der Waals surface area contributed by atoms with E-state index in [1.165, 1.54) is 0 Å². The molecule has 2 N–H and O–H groups in total. The Kier molecular flexibility index (Phi) is 9.08. The Bertz CT molecular complexity index is 977. The Morgan fingerprint density at radius 3 is 0.972 bits per heavy atom. The normalized spacial score (nSPS) is 15.5. The van der Waals surface area contributed by atoms with Gasteiger partial charge in [0.1, 0.15) is 28.7 Å². The number of nitriles is 1. The topological polar surface area (TPSA) is 90.0 Å². The summed E-state index contributed by atoms with van der Waals surface area (Å²) in [5, 5.41) is 29.7. The van der Waals surface area contributed by atoms with E-state index in [9.17, 15) is 68.2 Å². The van der Waals surface area contributed by atoms with Gasteiger partial charge in [-0.25, -0.2) is 9.97 Å². The molecule has 0 aliphatic carbocycles. The van der Waals surface area contributed by atoms with Gasteiger partial charge in [-0.15, -0.1) is 0 Å². The molecule has 0 bridgehead atoms. The van der Waals surface area contributed by atoms with Crippen LogP contribution in [-0.2, 0) is 41.8 Å². The molecule has 0 fully saturated rings. The molecule has 0 spiro atoms. The van der Waals surface area contributed by atoms with Crippen molar-refractivity contribution in [3.8, 4) is 6.07 Å². The van der Waals surface area contributed by atoms with Crippen LogP contribution in [0.1, 0.15) is 46.1 Å². The van der Waals surface area contributed by atoms with Crippen LogP contribution in [0.4, 0.5) is 52.7 Å². The standard InChI is InChI=1S/C18H9F12N3O2.Cu/c19-15(20,21)9-1-6(2-10(32-9)16(22,23)24)13(34)8(5-31)14(35)7-3-11(17(25,26)27)33-12(4-7)18(28,29)30;/h1-4,8,13-14,34-35H;. The molecule has 0 aliphatic heterocycles. The smallest absolute Gasteiger partial charge is 0.387 e. The molecule has 2 unspecified atom stereocenters. The van der Waals surface area contributed by atoms with Gasteiger partial charge in [0, 0.05) is 17.1 Å². The van der Waals surface area contributed by atoms with Gasteiger partial charge in [-0.1, -0.05) is 0 Å². The van der Waals surface area contributed by atoms with Gasteiger partial charge in [-0.3, -0.25) is 0 Å². The van der Waals surface area contributed by atoms with Crippen LogP contribution in [0.15, 0.2) is 24.3 Å². The summed E-state index contributed by atoms with van der Waals surface area (Å²) in [7, 11) is 0. The molecule has 2 aromatic rings. The summed E-state index contributed by atoms with van der Waals surface area (Å²) < 4.78 is 156. The van der Waals surface area contributed by atoms with E-state index in [2.05, 4.69) is 9.97 Å². The largest absolute Gasteiger partial charge is 0.433 e. The first kappa shape index (κ1) is 31.4. The van der Waals surface area contributed by atoms with E-state index in [1.54, 1.807) is 0 Å². The number of aliphatic hydroxyl groups is 2. The Labute approximate surface area is 202 Å². The number of aliphatic hydroxyl groups excluding tert-OH is 2. The van der Waals surface area contributed by atoms with Crippen molar-refractivity contribution in [1.29, 1.82) is 5.26 Å². The van der Waals surface area contributed by atoms with Crippen LogP contribution < -0.4 is 0 Å². The predicted octanol–water partition coefficient (Wildman–Crippen LogP) is 5.46. The van der Waals surface area contributed by atoms with Crippen LogP contribution in [0.25, 0.3) is 0 Å². The number of alkyl halides is 12. The monoisotopic (exact) mass is 590 g/mol. The zero-order chi connectivity index (χ0) is 27.1. The van der Waals surface area contributed by atoms with Crippen LogP contribution in [-0.4, -0.2) is 20.2 Å². The molecule has 36 heavy (non-hydrogen) atoms. The van der Waals surface area contributed by atoms with Crippen molar-refractivity contribution in [2.24, 2.45) is 5.92 Å². The Hall–Kier alpha value is -2.61. The summed E-state index contributed by atoms with van der Waals surface area (Å²) in [6, 6.07) is 0.589. The third-order valence-corrected chi connectivity index (χ3v) is 4.37. The number of nitrogens with zero attached hydrogens (tertiary/aromatic N) is 3. The average Bonchev–Trinajstić information content (AvgIpc) is 2.70. The molecule has 0 amide bonds. The van der Waals surface area contributed by atoms with E-state index in [-0.39, 0.29) is 41.3 Å². The zero-order valence-electron chi connectivity index (χ0n) is 16.6. The molecule has 18 heteroatoms. The fourth-order valence-electron chi connectivity index (χ4n) is 2.75. The van der Waals surface area contributed by atoms with Gasteiger partial charge in [0.25, 0.3) is 0 Å². The van der Waals surface area contributed by atoms with Gasteiger partial charge < -0.3 is 10.2 Å². The molecule has 0 saturated carbocycles. The second-order valence-corrected chi connectivity index (χ2v) is 6.88. The molecular formula is C18H9CuF12N3O2. The average molecular weight is 591 g/mol. The molecule has 203 valence electrons. The van der Waals surface area contributed by atoms with E-state index in [0.29, 0.717) is 0 Å².